The van der Waals surface area contributed by atoms with Crippen molar-refractivity contribution in [1.29, 1.82) is 0 Å². The summed E-state index contributed by atoms with van der Waals surface area (Å²) in [5.41, 5.74) is -0.000614. The number of halogens is 1. The Morgan fingerprint density at radius 3 is 2.25 bits per heavy atom. The summed E-state index contributed by atoms with van der Waals surface area (Å²) in [6.07, 6.45) is 0. The van der Waals surface area contributed by atoms with Crippen molar-refractivity contribution in [1.82, 2.24) is 0 Å². The van der Waals surface area contributed by atoms with Crippen molar-refractivity contribution in [2.24, 2.45) is 5.41 Å². The molecule has 0 radical (unpaired) electrons. The molecule has 1 saturated heterocycles. The summed E-state index contributed by atoms with van der Waals surface area (Å²) >= 11 is 6.02. The number of carbonyl (C=O) groups is 1. The quantitative estimate of drug-likeness (QED) is 0.783. The molecule has 10 heteroatoms. The van der Waals surface area contributed by atoms with Crippen LogP contribution in [0.4, 0.5) is 11.4 Å². The van der Waals surface area contributed by atoms with Crippen LogP contribution < -0.4 is 9.03 Å². The second kappa shape index (κ2) is 6.75. The van der Waals surface area contributed by atoms with Crippen LogP contribution in [0.15, 0.2) is 47.4 Å². The maximum Gasteiger partial charge on any atom is 0.261 e. The Morgan fingerprint density at radius 1 is 1.11 bits per heavy atom. The van der Waals surface area contributed by atoms with Crippen molar-refractivity contribution in [2.75, 3.05) is 14.8 Å². The summed E-state index contributed by atoms with van der Waals surface area (Å²) in [5.74, 6) is -0.843. The molecule has 3 rings (SSSR count). The van der Waals surface area contributed by atoms with Crippen LogP contribution in [0.25, 0.3) is 0 Å². The van der Waals surface area contributed by atoms with E-state index in [2.05, 4.69) is 4.72 Å². The van der Waals surface area contributed by atoms with Crippen LogP contribution in [0.5, 0.6) is 0 Å². The number of carbonyl (C=O) groups excluding carboxylic acids is 1. The molecule has 0 aromatic heterocycles. The second-order valence-corrected chi connectivity index (χ2v) is 11.1. The molecule has 2 aromatic carbocycles. The monoisotopic (exact) mass is 442 g/mol. The van der Waals surface area contributed by atoms with Gasteiger partial charge in [0, 0.05) is 5.02 Å². The van der Waals surface area contributed by atoms with Crippen molar-refractivity contribution in [3.63, 3.8) is 0 Å². The van der Waals surface area contributed by atoms with Crippen molar-refractivity contribution in [3.05, 3.63) is 53.1 Å². The molecule has 150 valence electrons. The van der Waals surface area contributed by atoms with Gasteiger partial charge in [-0.05, 0) is 62.7 Å². The summed E-state index contributed by atoms with van der Waals surface area (Å²) in [4.78, 5) is 12.4. The third kappa shape index (κ3) is 3.61. The normalized spacial score (nSPS) is 18.3. The molecule has 1 aliphatic heterocycles. The van der Waals surface area contributed by atoms with Crippen molar-refractivity contribution >= 4 is 48.9 Å². The smallest absolute Gasteiger partial charge is 0.261 e. The lowest BCUT2D eigenvalue weighted by Crippen LogP contribution is -2.32. The van der Waals surface area contributed by atoms with Crippen LogP contribution in [-0.4, -0.2) is 28.5 Å². The van der Waals surface area contributed by atoms with Gasteiger partial charge in [-0.2, -0.15) is 0 Å². The molecule has 0 bridgehead atoms. The molecule has 0 spiro atoms. The van der Waals surface area contributed by atoms with E-state index >= 15 is 0 Å². The molecule has 0 saturated carbocycles. The minimum absolute atomic E-state index is 0.0704. The Labute approximate surface area is 169 Å². The number of anilines is 2. The predicted octanol–water partition coefficient (Wildman–Crippen LogP) is 3.15. The average molecular weight is 443 g/mol. The first-order chi connectivity index (χ1) is 12.8. The van der Waals surface area contributed by atoms with E-state index in [0.717, 1.165) is 4.31 Å². The molecule has 1 fully saturated rings. The van der Waals surface area contributed by atoms with Gasteiger partial charge in [-0.3, -0.25) is 9.52 Å². The van der Waals surface area contributed by atoms with Crippen LogP contribution in [0, 0.1) is 12.3 Å². The highest BCUT2D eigenvalue weighted by Crippen LogP contribution is 2.36. The first-order valence-corrected chi connectivity index (χ1v) is 11.8. The van der Waals surface area contributed by atoms with Gasteiger partial charge in [0.25, 0.3) is 10.0 Å². The largest absolute Gasteiger partial charge is 0.279 e. The summed E-state index contributed by atoms with van der Waals surface area (Å²) in [7, 11) is -7.72. The summed E-state index contributed by atoms with van der Waals surface area (Å²) in [6, 6.07) is 9.98. The Kier molecular flexibility index (Phi) is 4.97. The number of rotatable bonds is 4. The Morgan fingerprint density at radius 2 is 1.71 bits per heavy atom. The fourth-order valence-corrected chi connectivity index (χ4v) is 6.35. The molecular weight excluding hydrogens is 424 g/mol. The highest BCUT2D eigenvalue weighted by atomic mass is 35.5. The average Bonchev–Trinajstić information content (AvgIpc) is 2.75. The molecule has 1 aliphatic rings. The molecular formula is C18H19ClN2O5S2. The highest BCUT2D eigenvalue weighted by Gasteiger charge is 2.49. The van der Waals surface area contributed by atoms with Crippen LogP contribution in [-0.2, 0) is 24.8 Å². The van der Waals surface area contributed by atoms with Crippen LogP contribution in [0.1, 0.15) is 19.4 Å². The molecule has 1 N–H and O–H groups in total. The molecule has 0 unspecified atom stereocenters. The van der Waals surface area contributed by atoms with Crippen LogP contribution >= 0.6 is 11.6 Å². The van der Waals surface area contributed by atoms with E-state index in [1.54, 1.807) is 39.0 Å². The van der Waals surface area contributed by atoms with E-state index in [0.29, 0.717) is 16.3 Å². The van der Waals surface area contributed by atoms with E-state index in [4.69, 9.17) is 11.6 Å². The number of nitrogens with one attached hydrogen (secondary N) is 1. The SMILES string of the molecule is Cc1c(Cl)cccc1NS(=O)(=O)c1ccc(N2C(=O)C(C)(C)CS2(=O)=O)cc1. The van der Waals surface area contributed by atoms with E-state index in [-0.39, 0.29) is 16.3 Å². The zero-order chi connectivity index (χ0) is 20.9. The van der Waals surface area contributed by atoms with Gasteiger partial charge in [0.05, 0.1) is 27.4 Å². The van der Waals surface area contributed by atoms with E-state index in [9.17, 15) is 21.6 Å². The zero-order valence-electron chi connectivity index (χ0n) is 15.4. The lowest BCUT2D eigenvalue weighted by atomic mass is 9.95. The number of sulfonamides is 2. The standard InChI is InChI=1S/C18H19ClN2O5S2/c1-12-15(19)5-4-6-16(12)20-28(25,26)14-9-7-13(8-10-14)21-17(22)18(2,3)11-27(21,23)24/h4-10,20H,11H2,1-3H3. The lowest BCUT2D eigenvalue weighted by molar-refractivity contribution is -0.123. The van der Waals surface area contributed by atoms with E-state index < -0.39 is 31.4 Å². The van der Waals surface area contributed by atoms with Gasteiger partial charge in [-0.15, -0.1) is 0 Å². The summed E-state index contributed by atoms with van der Waals surface area (Å²) in [5, 5.41) is 0.427. The maximum atomic E-state index is 12.6. The van der Waals surface area contributed by atoms with Gasteiger partial charge in [0.1, 0.15) is 0 Å². The number of hydrogen-bond donors (Lipinski definition) is 1. The van der Waals surface area contributed by atoms with Crippen molar-refractivity contribution in [2.45, 2.75) is 25.7 Å². The Hall–Kier alpha value is -2.10. The topological polar surface area (TPSA) is 101 Å². The minimum Gasteiger partial charge on any atom is -0.279 e. The van der Waals surface area contributed by atoms with Gasteiger partial charge >= 0.3 is 0 Å². The Balaban J connectivity index is 1.92. The van der Waals surface area contributed by atoms with Crippen LogP contribution in [0.2, 0.25) is 5.02 Å². The molecule has 2 aromatic rings. The van der Waals surface area contributed by atoms with Gasteiger partial charge in [0.15, 0.2) is 0 Å². The fourth-order valence-electron chi connectivity index (χ4n) is 2.94. The second-order valence-electron chi connectivity index (χ2n) is 7.22. The molecule has 28 heavy (non-hydrogen) atoms. The van der Waals surface area contributed by atoms with Gasteiger partial charge in [-0.1, -0.05) is 17.7 Å². The molecule has 1 heterocycles. The molecule has 7 nitrogen and oxygen atoms in total. The number of nitrogens with zero attached hydrogens (tertiary/aromatic N) is 1. The highest BCUT2D eigenvalue weighted by molar-refractivity contribution is 7.94. The Bertz CT molecular complexity index is 1160. The van der Waals surface area contributed by atoms with E-state index in [1.807, 2.05) is 0 Å². The molecule has 1 amide bonds. The molecule has 0 aliphatic carbocycles. The third-order valence-electron chi connectivity index (χ3n) is 4.48. The van der Waals surface area contributed by atoms with Gasteiger partial charge in [-0.25, -0.2) is 21.1 Å². The van der Waals surface area contributed by atoms with E-state index in [1.165, 1.54) is 24.3 Å². The summed E-state index contributed by atoms with van der Waals surface area (Å²) in [6.45, 7) is 4.81. The summed E-state index contributed by atoms with van der Waals surface area (Å²) < 4.78 is 53.2. The lowest BCUT2D eigenvalue weighted by Gasteiger charge is -2.18. The van der Waals surface area contributed by atoms with Crippen LogP contribution in [0.3, 0.4) is 0 Å². The first kappa shape index (κ1) is 20.6. The number of amides is 1. The maximum absolute atomic E-state index is 12.6. The zero-order valence-corrected chi connectivity index (χ0v) is 17.8. The van der Waals surface area contributed by atoms with Gasteiger partial charge in [0.2, 0.25) is 15.9 Å². The number of benzene rings is 2. The minimum atomic E-state index is -3.92. The van der Waals surface area contributed by atoms with Crippen molar-refractivity contribution in [3.8, 4) is 0 Å². The number of hydrogen-bond acceptors (Lipinski definition) is 5. The predicted molar refractivity (Wildman–Crippen MR) is 108 cm³/mol. The first-order valence-electron chi connectivity index (χ1n) is 8.31. The van der Waals surface area contributed by atoms with Crippen molar-refractivity contribution < 1.29 is 21.6 Å². The third-order valence-corrected chi connectivity index (χ3v) is 8.29. The fraction of sp³-hybridized carbons (Fsp3) is 0.278. The molecule has 0 atom stereocenters. The van der Waals surface area contributed by atoms with Gasteiger partial charge < -0.3 is 0 Å².